The number of nitrogens with one attached hydrogen (secondary N) is 2. The average Bonchev–Trinajstić information content (AvgIpc) is 3.06. The van der Waals surface area contributed by atoms with Gasteiger partial charge in [-0.25, -0.2) is 4.98 Å². The zero-order valence-electron chi connectivity index (χ0n) is 14.2. The zero-order chi connectivity index (χ0) is 16.1. The van der Waals surface area contributed by atoms with Crippen LogP contribution in [0.1, 0.15) is 35.2 Å². The van der Waals surface area contributed by atoms with E-state index in [1.807, 2.05) is 7.05 Å². The highest BCUT2D eigenvalue weighted by atomic mass is 127. The highest BCUT2D eigenvalue weighted by molar-refractivity contribution is 14.0. The van der Waals surface area contributed by atoms with E-state index in [9.17, 15) is 0 Å². The van der Waals surface area contributed by atoms with Gasteiger partial charge >= 0.3 is 0 Å². The summed E-state index contributed by atoms with van der Waals surface area (Å²) in [5.41, 5.74) is 4.03. The fourth-order valence-corrected chi connectivity index (χ4v) is 3.72. The maximum atomic E-state index is 4.58. The van der Waals surface area contributed by atoms with Crippen LogP contribution >= 0.6 is 35.3 Å². The maximum absolute atomic E-state index is 4.58. The summed E-state index contributed by atoms with van der Waals surface area (Å²) in [6.07, 6.45) is 4.35. The molecule has 130 valence electrons. The Morgan fingerprint density at radius 1 is 1.33 bits per heavy atom. The number of aromatic nitrogens is 1. The lowest BCUT2D eigenvalue weighted by molar-refractivity contribution is 0.520. The molecule has 1 aromatic carbocycles. The number of aliphatic imine (C=N–C) groups is 1. The summed E-state index contributed by atoms with van der Waals surface area (Å²) in [7, 11) is 1.82. The zero-order valence-corrected chi connectivity index (χ0v) is 17.4. The van der Waals surface area contributed by atoms with Crippen LogP contribution in [-0.2, 0) is 25.8 Å². The van der Waals surface area contributed by atoms with E-state index in [1.165, 1.54) is 16.1 Å². The third-order valence-corrected chi connectivity index (χ3v) is 5.29. The molecule has 0 radical (unpaired) electrons. The standard InChI is InChI=1S/C18H24N4S.HI/c1-3-17-21-16(12-23-17)11-20-18(19-2)22-15-9-8-13-6-4-5-7-14(13)10-15;/h4-7,12,15H,3,8-11H2,1-2H3,(H2,19,20,22);1H. The van der Waals surface area contributed by atoms with Gasteiger partial charge in [0.2, 0.25) is 0 Å². The van der Waals surface area contributed by atoms with Crippen molar-refractivity contribution >= 4 is 41.3 Å². The van der Waals surface area contributed by atoms with Crippen LogP contribution in [-0.4, -0.2) is 24.0 Å². The second-order valence-electron chi connectivity index (χ2n) is 5.86. The Morgan fingerprint density at radius 2 is 2.12 bits per heavy atom. The Labute approximate surface area is 165 Å². The second-order valence-corrected chi connectivity index (χ2v) is 6.81. The molecule has 1 unspecified atom stereocenters. The van der Waals surface area contributed by atoms with Crippen molar-refractivity contribution in [2.45, 2.75) is 45.2 Å². The lowest BCUT2D eigenvalue weighted by Gasteiger charge is -2.27. The van der Waals surface area contributed by atoms with Crippen molar-refractivity contribution in [1.29, 1.82) is 0 Å². The molecule has 0 fully saturated rings. The maximum Gasteiger partial charge on any atom is 0.191 e. The van der Waals surface area contributed by atoms with Gasteiger partial charge in [0, 0.05) is 18.5 Å². The quantitative estimate of drug-likeness (QED) is 0.421. The van der Waals surface area contributed by atoms with Crippen LogP contribution in [0, 0.1) is 0 Å². The molecule has 1 atom stereocenters. The van der Waals surface area contributed by atoms with Gasteiger partial charge in [-0.3, -0.25) is 4.99 Å². The first kappa shape index (κ1) is 19.2. The van der Waals surface area contributed by atoms with Crippen molar-refractivity contribution in [3.8, 4) is 0 Å². The van der Waals surface area contributed by atoms with Gasteiger partial charge in [0.25, 0.3) is 0 Å². The minimum atomic E-state index is 0. The van der Waals surface area contributed by atoms with Gasteiger partial charge in [0.1, 0.15) is 0 Å². The number of thiazole rings is 1. The molecular formula is C18H25IN4S. The summed E-state index contributed by atoms with van der Waals surface area (Å²) < 4.78 is 0. The molecule has 4 nitrogen and oxygen atoms in total. The molecule has 1 heterocycles. The van der Waals surface area contributed by atoms with Gasteiger partial charge in [-0.1, -0.05) is 31.2 Å². The minimum Gasteiger partial charge on any atom is -0.353 e. The first-order valence-electron chi connectivity index (χ1n) is 8.25. The summed E-state index contributed by atoms with van der Waals surface area (Å²) in [4.78, 5) is 8.93. The number of hydrogen-bond acceptors (Lipinski definition) is 3. The smallest absolute Gasteiger partial charge is 0.191 e. The molecular weight excluding hydrogens is 431 g/mol. The van der Waals surface area contributed by atoms with Crippen LogP contribution in [0.15, 0.2) is 34.6 Å². The number of benzene rings is 1. The molecule has 1 aromatic heterocycles. The molecule has 6 heteroatoms. The first-order valence-corrected chi connectivity index (χ1v) is 9.13. The highest BCUT2D eigenvalue weighted by Crippen LogP contribution is 2.20. The number of aryl methyl sites for hydroxylation is 2. The van der Waals surface area contributed by atoms with Gasteiger partial charge < -0.3 is 10.6 Å². The molecule has 0 aliphatic heterocycles. The van der Waals surface area contributed by atoms with Crippen LogP contribution in [0.25, 0.3) is 0 Å². The Hall–Kier alpha value is -1.15. The van der Waals surface area contributed by atoms with Crippen molar-refractivity contribution in [3.05, 3.63) is 51.5 Å². The number of guanidine groups is 1. The van der Waals surface area contributed by atoms with Gasteiger partial charge in [-0.15, -0.1) is 35.3 Å². The van der Waals surface area contributed by atoms with E-state index in [4.69, 9.17) is 0 Å². The molecule has 0 bridgehead atoms. The molecule has 3 rings (SSSR count). The first-order chi connectivity index (χ1) is 11.3. The largest absolute Gasteiger partial charge is 0.353 e. The minimum absolute atomic E-state index is 0. The van der Waals surface area contributed by atoms with Gasteiger partial charge in [-0.05, 0) is 36.8 Å². The lowest BCUT2D eigenvalue weighted by Crippen LogP contribution is -2.45. The van der Waals surface area contributed by atoms with Gasteiger partial charge in [-0.2, -0.15) is 0 Å². The number of nitrogens with zero attached hydrogens (tertiary/aromatic N) is 2. The number of fused-ring (bicyclic) bond motifs is 1. The van der Waals surface area contributed by atoms with Gasteiger partial charge in [0.05, 0.1) is 17.2 Å². The molecule has 0 amide bonds. The van der Waals surface area contributed by atoms with Crippen molar-refractivity contribution in [2.24, 2.45) is 4.99 Å². The van der Waals surface area contributed by atoms with Crippen molar-refractivity contribution < 1.29 is 0 Å². The van der Waals surface area contributed by atoms with E-state index < -0.39 is 0 Å². The Kier molecular flexibility index (Phi) is 7.48. The second kappa shape index (κ2) is 9.36. The van der Waals surface area contributed by atoms with Crippen molar-refractivity contribution in [3.63, 3.8) is 0 Å². The topological polar surface area (TPSA) is 49.3 Å². The van der Waals surface area contributed by atoms with E-state index >= 15 is 0 Å². The SMILES string of the molecule is CCc1nc(CNC(=NC)NC2CCc3ccccc3C2)cs1.I. The van der Waals surface area contributed by atoms with E-state index in [-0.39, 0.29) is 24.0 Å². The predicted octanol–water partition coefficient (Wildman–Crippen LogP) is 3.55. The lowest BCUT2D eigenvalue weighted by atomic mass is 9.88. The summed E-state index contributed by atoms with van der Waals surface area (Å²) in [5.74, 6) is 0.862. The van der Waals surface area contributed by atoms with Crippen molar-refractivity contribution in [1.82, 2.24) is 15.6 Å². The number of hydrogen-bond donors (Lipinski definition) is 2. The number of rotatable bonds is 4. The van der Waals surface area contributed by atoms with Crippen LogP contribution in [0.4, 0.5) is 0 Å². The Balaban J connectivity index is 0.00000208. The predicted molar refractivity (Wildman–Crippen MR) is 112 cm³/mol. The van der Waals surface area contributed by atoms with Crippen LogP contribution in [0.2, 0.25) is 0 Å². The molecule has 1 aliphatic rings. The third-order valence-electron chi connectivity index (χ3n) is 4.25. The molecule has 2 N–H and O–H groups in total. The van der Waals surface area contributed by atoms with Crippen LogP contribution in [0.5, 0.6) is 0 Å². The molecule has 1 aliphatic carbocycles. The monoisotopic (exact) mass is 456 g/mol. The van der Waals surface area contributed by atoms with Gasteiger partial charge in [0.15, 0.2) is 5.96 Å². The summed E-state index contributed by atoms with van der Waals surface area (Å²) >= 11 is 1.73. The van der Waals surface area contributed by atoms with E-state index in [1.54, 1.807) is 11.3 Å². The third kappa shape index (κ3) is 4.92. The Morgan fingerprint density at radius 3 is 2.83 bits per heavy atom. The summed E-state index contributed by atoms with van der Waals surface area (Å²) in [6.45, 7) is 2.86. The van der Waals surface area contributed by atoms with Crippen LogP contribution < -0.4 is 10.6 Å². The molecule has 2 aromatic rings. The average molecular weight is 456 g/mol. The fourth-order valence-electron chi connectivity index (χ4n) is 2.98. The van der Waals surface area contributed by atoms with E-state index in [2.05, 4.69) is 57.2 Å². The fraction of sp³-hybridized carbons (Fsp3) is 0.444. The highest BCUT2D eigenvalue weighted by Gasteiger charge is 2.18. The normalized spacial score (nSPS) is 16.9. The van der Waals surface area contributed by atoms with E-state index in [0.29, 0.717) is 6.04 Å². The molecule has 0 saturated carbocycles. The van der Waals surface area contributed by atoms with Crippen LogP contribution in [0.3, 0.4) is 0 Å². The summed E-state index contributed by atoms with van der Waals surface area (Å²) in [5, 5.41) is 10.2. The number of halogens is 1. The molecule has 0 spiro atoms. The summed E-state index contributed by atoms with van der Waals surface area (Å²) in [6, 6.07) is 9.18. The Bertz CT molecular complexity index is 683. The molecule has 24 heavy (non-hydrogen) atoms. The molecule has 0 saturated heterocycles. The van der Waals surface area contributed by atoms with Crippen molar-refractivity contribution in [2.75, 3.05) is 7.05 Å². The van der Waals surface area contributed by atoms with E-state index in [0.717, 1.165) is 43.9 Å².